The van der Waals surface area contributed by atoms with Gasteiger partial charge in [0.25, 0.3) is 0 Å². The van der Waals surface area contributed by atoms with Gasteiger partial charge in [-0.2, -0.15) is 4.72 Å². The van der Waals surface area contributed by atoms with Crippen molar-refractivity contribution in [1.29, 1.82) is 0 Å². The number of aryl methyl sites for hydroxylation is 1. The summed E-state index contributed by atoms with van der Waals surface area (Å²) in [5.74, 6) is -0.573. The molecular weight excluding hydrogens is 774 g/mol. The molecule has 5 atom stereocenters. The molecular formula is C46H50ClN3O7S. The molecule has 4 N–H and O–H groups in total. The average molecular weight is 824 g/mol. The Hall–Kier alpha value is -4.43. The van der Waals surface area contributed by atoms with Crippen LogP contribution in [0.4, 0.5) is 5.69 Å². The van der Waals surface area contributed by atoms with Crippen LogP contribution in [0.25, 0.3) is 0 Å². The van der Waals surface area contributed by atoms with E-state index in [0.717, 1.165) is 27.8 Å². The molecule has 10 nitrogen and oxygen atoms in total. The average Bonchev–Trinajstić information content (AvgIpc) is 3.23. The summed E-state index contributed by atoms with van der Waals surface area (Å²) in [4.78, 5) is 16.4. The highest BCUT2D eigenvalue weighted by molar-refractivity contribution is 7.89. The molecule has 0 unspecified atom stereocenters. The van der Waals surface area contributed by atoms with Crippen molar-refractivity contribution in [2.45, 2.75) is 74.8 Å². The molecule has 12 heteroatoms. The molecule has 2 aliphatic rings. The summed E-state index contributed by atoms with van der Waals surface area (Å²) in [6.45, 7) is 5.88. The number of benzene rings is 5. The predicted molar refractivity (Wildman–Crippen MR) is 224 cm³/mol. The molecule has 304 valence electrons. The van der Waals surface area contributed by atoms with Crippen molar-refractivity contribution in [3.63, 3.8) is 0 Å². The van der Waals surface area contributed by atoms with E-state index in [0.29, 0.717) is 48.7 Å². The third-order valence-corrected chi connectivity index (χ3v) is 13.0. The summed E-state index contributed by atoms with van der Waals surface area (Å²) in [5, 5.41) is 24.8. The van der Waals surface area contributed by atoms with Gasteiger partial charge in [-0.1, -0.05) is 115 Å². The second-order valence-corrected chi connectivity index (χ2v) is 17.6. The molecule has 0 aliphatic carbocycles. The molecule has 0 spiro atoms. The lowest BCUT2D eigenvalue weighted by Gasteiger charge is -2.45. The summed E-state index contributed by atoms with van der Waals surface area (Å²) in [5.41, 5.74) is 4.54. The van der Waals surface area contributed by atoms with Gasteiger partial charge in [-0.15, -0.1) is 0 Å². The topological polar surface area (TPSA) is 137 Å². The molecule has 2 heterocycles. The van der Waals surface area contributed by atoms with Crippen LogP contribution in [0, 0.1) is 12.8 Å². The van der Waals surface area contributed by atoms with Crippen LogP contribution in [0.1, 0.15) is 65.5 Å². The zero-order valence-electron chi connectivity index (χ0n) is 32.6. The van der Waals surface area contributed by atoms with Gasteiger partial charge in [0.2, 0.25) is 15.9 Å². The van der Waals surface area contributed by atoms with E-state index in [4.69, 9.17) is 21.1 Å². The Morgan fingerprint density at radius 1 is 0.862 bits per heavy atom. The van der Waals surface area contributed by atoms with E-state index in [1.807, 2.05) is 91.9 Å². The van der Waals surface area contributed by atoms with Crippen LogP contribution in [-0.2, 0) is 42.9 Å². The van der Waals surface area contributed by atoms with Crippen LogP contribution in [0.15, 0.2) is 132 Å². The van der Waals surface area contributed by atoms with Crippen molar-refractivity contribution in [2.24, 2.45) is 5.92 Å². The van der Waals surface area contributed by atoms with Gasteiger partial charge in [0, 0.05) is 41.8 Å². The van der Waals surface area contributed by atoms with Crippen molar-refractivity contribution < 1.29 is 32.9 Å². The molecule has 58 heavy (non-hydrogen) atoms. The maximum atomic E-state index is 14.0. The van der Waals surface area contributed by atoms with Crippen LogP contribution in [0.3, 0.4) is 0 Å². The van der Waals surface area contributed by atoms with E-state index in [-0.39, 0.29) is 36.0 Å². The van der Waals surface area contributed by atoms with Crippen LogP contribution < -0.4 is 10.0 Å². The first-order valence-corrected chi connectivity index (χ1v) is 21.5. The number of amides is 1. The van der Waals surface area contributed by atoms with Crippen molar-refractivity contribution in [1.82, 2.24) is 9.62 Å². The van der Waals surface area contributed by atoms with Crippen molar-refractivity contribution in [3.8, 4) is 0 Å². The van der Waals surface area contributed by atoms with Crippen LogP contribution in [0.5, 0.6) is 0 Å². The molecule has 0 radical (unpaired) electrons. The normalized spacial score (nSPS) is 21.6. The van der Waals surface area contributed by atoms with E-state index in [2.05, 4.69) is 21.9 Å². The van der Waals surface area contributed by atoms with E-state index >= 15 is 0 Å². The van der Waals surface area contributed by atoms with Crippen molar-refractivity contribution >= 4 is 33.2 Å². The fourth-order valence-corrected chi connectivity index (χ4v) is 9.06. The molecule has 0 bridgehead atoms. The molecule has 2 aliphatic heterocycles. The van der Waals surface area contributed by atoms with Gasteiger partial charge in [-0.25, -0.2) is 8.42 Å². The number of halogens is 1. The first-order chi connectivity index (χ1) is 27.9. The molecule has 5 aromatic rings. The Morgan fingerprint density at radius 2 is 1.55 bits per heavy atom. The number of rotatable bonds is 13. The Labute approximate surface area is 345 Å². The van der Waals surface area contributed by atoms with Gasteiger partial charge in [-0.3, -0.25) is 4.79 Å². The second-order valence-electron chi connectivity index (χ2n) is 15.5. The number of sulfonamides is 1. The Morgan fingerprint density at radius 3 is 2.22 bits per heavy atom. The van der Waals surface area contributed by atoms with E-state index < -0.39 is 33.9 Å². The summed E-state index contributed by atoms with van der Waals surface area (Å²) < 4.78 is 43.1. The number of ether oxygens (including phenoxy) is 2. The van der Waals surface area contributed by atoms with E-state index in [9.17, 15) is 23.4 Å². The van der Waals surface area contributed by atoms with E-state index in [1.165, 1.54) is 12.1 Å². The molecule has 2 fully saturated rings. The highest BCUT2D eigenvalue weighted by Gasteiger charge is 2.41. The number of nitrogens with one attached hydrogen (secondary N) is 2. The maximum absolute atomic E-state index is 14.0. The number of aliphatic hydroxyl groups is 2. The standard InChI is InChI=1S/C46H50ClN3O7S/c1-31-11-21-40(22-12-31)58(54,55)49-41(27-33-7-4-3-5-8-33)44(52)48-39-10-6-9-36(28-39)45-56-42(32(2)43(57-45)35-15-13-34(30-51)14-16-35)29-50-25-23-46(53,24-26-50)37-17-19-38(47)20-18-37/h3-22,28,32,41-43,45,49,51,53H,23-27,29-30H2,1-2H3,(H,48,52)/t32-,41+,42+,43+,45+/m0/s1. The fraction of sp³-hybridized carbons (Fsp3) is 0.326. The van der Waals surface area contributed by atoms with Gasteiger partial charge in [-0.05, 0) is 84.8 Å². The van der Waals surface area contributed by atoms with Crippen molar-refractivity contribution in [2.75, 3.05) is 25.0 Å². The van der Waals surface area contributed by atoms with Crippen LogP contribution >= 0.6 is 11.6 Å². The molecule has 0 saturated carbocycles. The second kappa shape index (κ2) is 18.2. The van der Waals surface area contributed by atoms with Gasteiger partial charge < -0.3 is 29.9 Å². The first-order valence-electron chi connectivity index (χ1n) is 19.6. The number of likely N-dealkylation sites (tertiary alicyclic amines) is 1. The zero-order valence-corrected chi connectivity index (χ0v) is 34.2. The fourth-order valence-electron chi connectivity index (χ4n) is 7.74. The number of carbonyl (C=O) groups excluding carboxylic acids is 1. The largest absolute Gasteiger partial charge is 0.392 e. The molecule has 5 aromatic carbocycles. The molecule has 7 rings (SSSR count). The Balaban J connectivity index is 1.10. The van der Waals surface area contributed by atoms with Gasteiger partial charge in [0.1, 0.15) is 6.04 Å². The first kappa shape index (κ1) is 41.7. The summed E-state index contributed by atoms with van der Waals surface area (Å²) in [6, 6.07) is 37.0. The van der Waals surface area contributed by atoms with Crippen molar-refractivity contribution in [3.05, 3.63) is 166 Å². The van der Waals surface area contributed by atoms with Gasteiger partial charge >= 0.3 is 0 Å². The third kappa shape index (κ3) is 10.0. The monoisotopic (exact) mass is 823 g/mol. The summed E-state index contributed by atoms with van der Waals surface area (Å²) in [6.07, 6.45) is -0.136. The molecule has 1 amide bonds. The SMILES string of the molecule is Cc1ccc(S(=O)(=O)N[C@H](Cc2ccccc2)C(=O)Nc2cccc([C@@H]3O[C@H](CN4CCC(O)(c5ccc(Cl)cc5)CC4)[C@H](C)[C@H](c4ccc(CO)cc4)O3)c2)cc1. The Bertz CT molecular complexity index is 2250. The minimum Gasteiger partial charge on any atom is -0.392 e. The quantitative estimate of drug-likeness (QED) is 0.0962. The zero-order chi connectivity index (χ0) is 40.9. The highest BCUT2D eigenvalue weighted by atomic mass is 35.5. The number of anilines is 1. The van der Waals surface area contributed by atoms with Crippen LogP contribution in [0.2, 0.25) is 5.02 Å². The van der Waals surface area contributed by atoms with E-state index in [1.54, 1.807) is 30.3 Å². The number of piperidine rings is 1. The van der Waals surface area contributed by atoms with Gasteiger partial charge in [0.15, 0.2) is 6.29 Å². The minimum atomic E-state index is -4.03. The lowest BCUT2D eigenvalue weighted by molar-refractivity contribution is -0.277. The maximum Gasteiger partial charge on any atom is 0.242 e. The lowest BCUT2D eigenvalue weighted by Crippen LogP contribution is -2.49. The number of hydrogen-bond donors (Lipinski definition) is 4. The molecule has 0 aromatic heterocycles. The van der Waals surface area contributed by atoms with Gasteiger partial charge in [0.05, 0.1) is 29.3 Å². The smallest absolute Gasteiger partial charge is 0.242 e. The highest BCUT2D eigenvalue weighted by Crippen LogP contribution is 2.43. The number of aliphatic hydroxyl groups excluding tert-OH is 1. The number of nitrogens with zero attached hydrogens (tertiary/aromatic N) is 1. The predicted octanol–water partition coefficient (Wildman–Crippen LogP) is 7.44. The molecule has 2 saturated heterocycles. The summed E-state index contributed by atoms with van der Waals surface area (Å²) in [7, 11) is -4.03. The Kier molecular flexibility index (Phi) is 13.1. The lowest BCUT2D eigenvalue weighted by atomic mass is 9.84. The minimum absolute atomic E-state index is 0.0588. The van der Waals surface area contributed by atoms with Crippen LogP contribution in [-0.4, -0.2) is 61.2 Å². The third-order valence-electron chi connectivity index (χ3n) is 11.3. The number of hydrogen-bond acceptors (Lipinski definition) is 8. The number of carbonyl (C=O) groups is 1. The summed E-state index contributed by atoms with van der Waals surface area (Å²) >= 11 is 6.12.